The summed E-state index contributed by atoms with van der Waals surface area (Å²) >= 11 is 0. The summed E-state index contributed by atoms with van der Waals surface area (Å²) in [6.07, 6.45) is 1.73. The third-order valence-electron chi connectivity index (χ3n) is 2.71. The first-order valence-corrected chi connectivity index (χ1v) is 6.51. The number of hydrogen-bond acceptors (Lipinski definition) is 4. The van der Waals surface area contributed by atoms with Crippen LogP contribution < -0.4 is 5.32 Å². The molecule has 1 heterocycles. The lowest BCUT2D eigenvalue weighted by Crippen LogP contribution is -2.27. The molecule has 0 fully saturated rings. The Morgan fingerprint density at radius 1 is 1.40 bits per heavy atom. The molecule has 0 spiro atoms. The molecular weight excluding hydrogens is 256 g/mol. The van der Waals surface area contributed by atoms with Gasteiger partial charge in [-0.3, -0.25) is 0 Å². The van der Waals surface area contributed by atoms with Gasteiger partial charge >= 0.3 is 6.03 Å². The summed E-state index contributed by atoms with van der Waals surface area (Å²) in [5.74, 6) is 1.17. The summed E-state index contributed by atoms with van der Waals surface area (Å²) in [7, 11) is 3.38. The minimum absolute atomic E-state index is 0.179. The van der Waals surface area contributed by atoms with Gasteiger partial charge in [0, 0.05) is 31.8 Å². The predicted octanol–water partition coefficient (Wildman–Crippen LogP) is 2.78. The van der Waals surface area contributed by atoms with Crippen molar-refractivity contribution in [3.63, 3.8) is 0 Å². The van der Waals surface area contributed by atoms with Crippen LogP contribution in [0.3, 0.4) is 0 Å². The molecule has 0 saturated carbocycles. The van der Waals surface area contributed by atoms with Crippen molar-refractivity contribution in [1.29, 1.82) is 0 Å². The lowest BCUT2D eigenvalue weighted by Gasteiger charge is -2.12. The van der Waals surface area contributed by atoms with E-state index < -0.39 is 0 Å². The minimum atomic E-state index is -0.179. The largest absolute Gasteiger partial charge is 0.339 e. The van der Waals surface area contributed by atoms with E-state index in [-0.39, 0.29) is 6.03 Å². The zero-order chi connectivity index (χ0) is 14.5. The Labute approximate surface area is 117 Å². The van der Waals surface area contributed by atoms with Crippen molar-refractivity contribution in [1.82, 2.24) is 15.0 Å². The first kappa shape index (κ1) is 14.0. The summed E-state index contributed by atoms with van der Waals surface area (Å²) in [4.78, 5) is 17.4. The number of benzene rings is 1. The molecule has 0 aliphatic carbocycles. The van der Waals surface area contributed by atoms with Gasteiger partial charge in [0.2, 0.25) is 11.7 Å². The van der Waals surface area contributed by atoms with E-state index in [2.05, 4.69) is 22.4 Å². The van der Waals surface area contributed by atoms with Gasteiger partial charge in [-0.2, -0.15) is 4.98 Å². The lowest BCUT2D eigenvalue weighted by molar-refractivity contribution is 0.230. The molecule has 6 nitrogen and oxygen atoms in total. The van der Waals surface area contributed by atoms with Crippen molar-refractivity contribution in [3.8, 4) is 11.4 Å². The molecule has 20 heavy (non-hydrogen) atoms. The molecule has 2 aromatic rings. The maximum absolute atomic E-state index is 11.6. The van der Waals surface area contributed by atoms with Crippen molar-refractivity contribution in [2.24, 2.45) is 0 Å². The van der Waals surface area contributed by atoms with Crippen LogP contribution in [0.2, 0.25) is 0 Å². The molecule has 1 N–H and O–H groups in total. The Morgan fingerprint density at radius 2 is 2.20 bits per heavy atom. The molecule has 0 bridgehead atoms. The monoisotopic (exact) mass is 274 g/mol. The van der Waals surface area contributed by atoms with Crippen LogP contribution in [0.4, 0.5) is 10.5 Å². The van der Waals surface area contributed by atoms with E-state index in [9.17, 15) is 4.79 Å². The highest BCUT2D eigenvalue weighted by Crippen LogP contribution is 2.20. The number of hydrogen-bond donors (Lipinski definition) is 1. The maximum atomic E-state index is 11.6. The smallest absolute Gasteiger partial charge is 0.321 e. The number of aryl methyl sites for hydroxylation is 1. The number of carbonyl (C=O) groups is 1. The fourth-order valence-corrected chi connectivity index (χ4v) is 1.66. The zero-order valence-electron chi connectivity index (χ0n) is 11.9. The second-order valence-electron chi connectivity index (χ2n) is 4.67. The average Bonchev–Trinajstić information content (AvgIpc) is 2.88. The number of nitrogens with one attached hydrogen (secondary N) is 1. The first-order valence-electron chi connectivity index (χ1n) is 6.51. The highest BCUT2D eigenvalue weighted by Gasteiger charge is 2.09. The summed E-state index contributed by atoms with van der Waals surface area (Å²) < 4.78 is 5.16. The molecule has 0 atom stereocenters. The molecule has 0 radical (unpaired) electrons. The fraction of sp³-hybridized carbons (Fsp3) is 0.357. The molecule has 0 aliphatic heterocycles. The molecule has 0 unspecified atom stereocenters. The predicted molar refractivity (Wildman–Crippen MR) is 76.4 cm³/mol. The van der Waals surface area contributed by atoms with E-state index in [0.29, 0.717) is 17.4 Å². The van der Waals surface area contributed by atoms with Crippen LogP contribution >= 0.6 is 0 Å². The number of carbonyl (C=O) groups excluding carboxylic acids is 1. The quantitative estimate of drug-likeness (QED) is 0.930. The van der Waals surface area contributed by atoms with Crippen LogP contribution in [0.1, 0.15) is 19.2 Å². The lowest BCUT2D eigenvalue weighted by atomic mass is 10.2. The number of aromatic nitrogens is 2. The molecule has 106 valence electrons. The van der Waals surface area contributed by atoms with Crippen LogP contribution in [-0.4, -0.2) is 35.2 Å². The molecule has 6 heteroatoms. The molecule has 0 aliphatic rings. The van der Waals surface area contributed by atoms with E-state index in [1.807, 2.05) is 24.3 Å². The van der Waals surface area contributed by atoms with Crippen LogP contribution in [0, 0.1) is 0 Å². The van der Waals surface area contributed by atoms with Crippen LogP contribution in [0.15, 0.2) is 28.8 Å². The molecule has 2 rings (SSSR count). The molecule has 2 amide bonds. The van der Waals surface area contributed by atoms with Gasteiger partial charge in [-0.1, -0.05) is 24.2 Å². The number of rotatable bonds is 4. The van der Waals surface area contributed by atoms with Gasteiger partial charge in [-0.25, -0.2) is 4.79 Å². The Balaban J connectivity index is 2.18. The minimum Gasteiger partial charge on any atom is -0.339 e. The Morgan fingerprint density at radius 3 is 2.90 bits per heavy atom. The fourth-order valence-electron chi connectivity index (χ4n) is 1.66. The second-order valence-corrected chi connectivity index (χ2v) is 4.67. The van der Waals surface area contributed by atoms with E-state index in [1.165, 1.54) is 4.90 Å². The van der Waals surface area contributed by atoms with E-state index >= 15 is 0 Å². The Kier molecular flexibility index (Phi) is 4.34. The molecule has 1 aromatic carbocycles. The summed E-state index contributed by atoms with van der Waals surface area (Å²) in [6, 6.07) is 7.18. The van der Waals surface area contributed by atoms with Crippen LogP contribution in [-0.2, 0) is 6.42 Å². The SMILES string of the molecule is CCCc1nc(-c2cccc(NC(=O)N(C)C)c2)no1. The van der Waals surface area contributed by atoms with Gasteiger partial charge < -0.3 is 14.7 Å². The third kappa shape index (κ3) is 3.34. The highest BCUT2D eigenvalue weighted by atomic mass is 16.5. The number of urea groups is 1. The third-order valence-corrected chi connectivity index (χ3v) is 2.71. The van der Waals surface area contributed by atoms with Gasteiger partial charge in [0.1, 0.15) is 0 Å². The average molecular weight is 274 g/mol. The summed E-state index contributed by atoms with van der Waals surface area (Å²) in [5, 5.41) is 6.74. The highest BCUT2D eigenvalue weighted by molar-refractivity contribution is 5.89. The van der Waals surface area contributed by atoms with E-state index in [0.717, 1.165) is 18.4 Å². The number of anilines is 1. The van der Waals surface area contributed by atoms with E-state index in [4.69, 9.17) is 4.52 Å². The van der Waals surface area contributed by atoms with Crippen LogP contribution in [0.5, 0.6) is 0 Å². The second kappa shape index (κ2) is 6.18. The van der Waals surface area contributed by atoms with Crippen molar-refractivity contribution >= 4 is 11.7 Å². The van der Waals surface area contributed by atoms with Gasteiger partial charge in [-0.15, -0.1) is 0 Å². The number of nitrogens with zero attached hydrogens (tertiary/aromatic N) is 3. The molecule has 1 aromatic heterocycles. The van der Waals surface area contributed by atoms with Gasteiger partial charge in [0.25, 0.3) is 0 Å². The van der Waals surface area contributed by atoms with Gasteiger partial charge in [-0.05, 0) is 18.6 Å². The molecular formula is C14H18N4O2. The summed E-state index contributed by atoms with van der Waals surface area (Å²) in [5.41, 5.74) is 1.51. The van der Waals surface area contributed by atoms with Crippen molar-refractivity contribution in [2.45, 2.75) is 19.8 Å². The van der Waals surface area contributed by atoms with Crippen molar-refractivity contribution in [2.75, 3.05) is 19.4 Å². The van der Waals surface area contributed by atoms with Gasteiger partial charge in [0.15, 0.2) is 0 Å². The topological polar surface area (TPSA) is 71.3 Å². The van der Waals surface area contributed by atoms with E-state index in [1.54, 1.807) is 14.1 Å². The standard InChI is InChI=1S/C14H18N4O2/c1-4-6-12-16-13(17-20-12)10-7-5-8-11(9-10)15-14(19)18(2)3/h5,7-9H,4,6H2,1-3H3,(H,15,19). The van der Waals surface area contributed by atoms with Crippen molar-refractivity contribution in [3.05, 3.63) is 30.2 Å². The Hall–Kier alpha value is -2.37. The Bertz CT molecular complexity index is 592. The first-order chi connectivity index (χ1) is 9.60. The summed E-state index contributed by atoms with van der Waals surface area (Å²) in [6.45, 7) is 2.06. The zero-order valence-corrected chi connectivity index (χ0v) is 11.9. The normalized spacial score (nSPS) is 10.3. The van der Waals surface area contributed by atoms with Crippen molar-refractivity contribution < 1.29 is 9.32 Å². The number of amides is 2. The maximum Gasteiger partial charge on any atom is 0.321 e. The van der Waals surface area contributed by atoms with Gasteiger partial charge in [0.05, 0.1) is 0 Å². The molecule has 0 saturated heterocycles. The van der Waals surface area contributed by atoms with Crippen LogP contribution in [0.25, 0.3) is 11.4 Å².